The number of methoxy groups -OCH3 is 1. The van der Waals surface area contributed by atoms with Crippen molar-refractivity contribution in [3.63, 3.8) is 0 Å². The van der Waals surface area contributed by atoms with E-state index in [4.69, 9.17) is 10.5 Å². The molecule has 0 bridgehead atoms. The molecule has 1 aliphatic rings. The maximum Gasteiger partial charge on any atom is 0.227 e. The van der Waals surface area contributed by atoms with Crippen molar-refractivity contribution in [2.45, 2.75) is 38.3 Å². The van der Waals surface area contributed by atoms with Gasteiger partial charge in [0.15, 0.2) is 5.82 Å². The van der Waals surface area contributed by atoms with E-state index in [9.17, 15) is 4.79 Å². The number of hydrogen-bond acceptors (Lipinski definition) is 5. The number of carbonyl (C=O) groups excluding carboxylic acids is 1. The lowest BCUT2D eigenvalue weighted by Crippen LogP contribution is -2.28. The third-order valence-corrected chi connectivity index (χ3v) is 4.30. The number of aromatic nitrogens is 3. The maximum absolute atomic E-state index is 12.0. The fourth-order valence-electron chi connectivity index (χ4n) is 2.91. The Hall–Kier alpha value is -1.67. The van der Waals surface area contributed by atoms with E-state index in [2.05, 4.69) is 20.1 Å². The maximum atomic E-state index is 12.0. The van der Waals surface area contributed by atoms with Crippen molar-refractivity contribution in [1.29, 1.82) is 0 Å². The molecule has 7 nitrogen and oxygen atoms in total. The van der Waals surface area contributed by atoms with Crippen molar-refractivity contribution in [2.75, 3.05) is 19.0 Å². The number of amides is 1. The molecule has 2 aromatic rings. The molecule has 1 aliphatic heterocycles. The monoisotopic (exact) mass is 401 g/mol. The highest BCUT2D eigenvalue weighted by Gasteiger charge is 2.17. The number of fused-ring (bicyclic) bond motifs is 1. The van der Waals surface area contributed by atoms with Gasteiger partial charge in [0.25, 0.3) is 0 Å². The van der Waals surface area contributed by atoms with Crippen LogP contribution in [-0.2, 0) is 22.5 Å². The number of hydrogen-bond donors (Lipinski definition) is 2. The molecule has 3 N–H and O–H groups in total. The van der Waals surface area contributed by atoms with Gasteiger partial charge >= 0.3 is 0 Å². The molecule has 2 heterocycles. The average Bonchev–Trinajstić information content (AvgIpc) is 3.04. The number of nitrogens with one attached hydrogen (secondary N) is 1. The molecule has 1 atom stereocenters. The van der Waals surface area contributed by atoms with E-state index in [0.717, 1.165) is 42.3 Å². The molecular formula is C17H25Cl2N5O2. The molecule has 3 rings (SSSR count). The zero-order chi connectivity index (χ0) is 16.9. The quantitative estimate of drug-likeness (QED) is 0.774. The fraction of sp³-hybridized carbons (Fsp3) is 0.471. The Morgan fingerprint density at radius 1 is 1.27 bits per heavy atom. The summed E-state index contributed by atoms with van der Waals surface area (Å²) in [6, 6.07) is 7.67. The normalized spacial score (nSPS) is 13.8. The first-order valence-corrected chi connectivity index (χ1v) is 8.26. The third-order valence-electron chi connectivity index (χ3n) is 4.30. The van der Waals surface area contributed by atoms with Crippen LogP contribution in [0, 0.1) is 0 Å². The molecule has 1 aromatic heterocycles. The molecule has 9 heteroatoms. The molecule has 0 radical (unpaired) electrons. The lowest BCUT2D eigenvalue weighted by atomic mass is 10.1. The van der Waals surface area contributed by atoms with E-state index in [1.54, 1.807) is 7.11 Å². The molecule has 1 aromatic carbocycles. The summed E-state index contributed by atoms with van der Waals surface area (Å²) in [6.45, 7) is 1.29. The Balaban J connectivity index is 0.00000169. The topological polar surface area (TPSA) is 95.1 Å². The van der Waals surface area contributed by atoms with Crippen LogP contribution >= 0.6 is 24.8 Å². The molecule has 0 aliphatic carbocycles. The van der Waals surface area contributed by atoms with Crippen molar-refractivity contribution in [2.24, 2.45) is 5.73 Å². The van der Waals surface area contributed by atoms with Crippen molar-refractivity contribution < 1.29 is 9.53 Å². The van der Waals surface area contributed by atoms with Crippen LogP contribution in [0.5, 0.6) is 0 Å². The van der Waals surface area contributed by atoms with Crippen LogP contribution in [-0.4, -0.2) is 40.4 Å². The summed E-state index contributed by atoms with van der Waals surface area (Å²) in [6.07, 6.45) is 3.31. The predicted molar refractivity (Wildman–Crippen MR) is 106 cm³/mol. The molecule has 1 amide bonds. The second kappa shape index (κ2) is 10.5. The number of nitrogens with zero attached hydrogens (tertiary/aromatic N) is 3. The van der Waals surface area contributed by atoms with E-state index in [-0.39, 0.29) is 43.2 Å². The standard InChI is InChI=1S/C17H23N5O2.2ClH/c1-24-14(11-18)10-16(23)19-13-7-5-12(6-8-13)17-21-20-15-4-2-3-9-22(15)17;;/h5-8,14H,2-4,9-11,18H2,1H3,(H,19,23);2*1H. The lowest BCUT2D eigenvalue weighted by molar-refractivity contribution is -0.118. The third kappa shape index (κ3) is 5.17. The second-order valence-corrected chi connectivity index (χ2v) is 5.97. The molecule has 0 saturated heterocycles. The summed E-state index contributed by atoms with van der Waals surface area (Å²) in [5, 5.41) is 11.4. The highest BCUT2D eigenvalue weighted by atomic mass is 35.5. The molecule has 144 valence electrons. The van der Waals surface area contributed by atoms with Crippen LogP contribution < -0.4 is 11.1 Å². The van der Waals surface area contributed by atoms with Gasteiger partial charge in [-0.05, 0) is 37.1 Å². The van der Waals surface area contributed by atoms with E-state index >= 15 is 0 Å². The van der Waals surface area contributed by atoms with Gasteiger partial charge in [-0.2, -0.15) is 0 Å². The molecule has 0 saturated carbocycles. The van der Waals surface area contributed by atoms with Crippen LogP contribution in [0.2, 0.25) is 0 Å². The molecule has 26 heavy (non-hydrogen) atoms. The van der Waals surface area contributed by atoms with Crippen LogP contribution in [0.25, 0.3) is 11.4 Å². The number of ether oxygens (including phenoxy) is 1. The van der Waals surface area contributed by atoms with E-state index in [1.807, 2.05) is 24.3 Å². The minimum absolute atomic E-state index is 0. The number of aryl methyl sites for hydroxylation is 1. The Kier molecular flexibility index (Phi) is 9.01. The van der Waals surface area contributed by atoms with Gasteiger partial charge in [0.2, 0.25) is 5.91 Å². The Morgan fingerprint density at radius 3 is 2.65 bits per heavy atom. The van der Waals surface area contributed by atoms with E-state index < -0.39 is 0 Å². The number of rotatable bonds is 6. The highest BCUT2D eigenvalue weighted by Crippen LogP contribution is 2.24. The summed E-state index contributed by atoms with van der Waals surface area (Å²) in [5.41, 5.74) is 7.28. The fourth-order valence-corrected chi connectivity index (χ4v) is 2.91. The SMILES string of the molecule is COC(CN)CC(=O)Nc1ccc(-c2nnc3n2CCCC3)cc1.Cl.Cl. The predicted octanol–water partition coefficient (Wildman–Crippen LogP) is 2.43. The van der Waals surface area contributed by atoms with Crippen molar-refractivity contribution >= 4 is 36.4 Å². The Morgan fingerprint density at radius 2 is 2.00 bits per heavy atom. The first kappa shape index (κ1) is 22.4. The van der Waals surface area contributed by atoms with Crippen molar-refractivity contribution in [3.05, 3.63) is 30.1 Å². The second-order valence-electron chi connectivity index (χ2n) is 5.97. The number of anilines is 1. The van der Waals surface area contributed by atoms with Gasteiger partial charge in [-0.25, -0.2) is 0 Å². The number of nitrogens with two attached hydrogens (primary N) is 1. The smallest absolute Gasteiger partial charge is 0.227 e. The van der Waals surface area contributed by atoms with Crippen LogP contribution in [0.3, 0.4) is 0 Å². The summed E-state index contributed by atoms with van der Waals surface area (Å²) < 4.78 is 7.31. The first-order chi connectivity index (χ1) is 11.7. The van der Waals surface area contributed by atoms with Crippen LogP contribution in [0.4, 0.5) is 5.69 Å². The highest BCUT2D eigenvalue weighted by molar-refractivity contribution is 5.91. The van der Waals surface area contributed by atoms with Gasteiger partial charge in [0, 0.05) is 37.9 Å². The van der Waals surface area contributed by atoms with Crippen LogP contribution in [0.1, 0.15) is 25.1 Å². The number of benzene rings is 1. The first-order valence-electron chi connectivity index (χ1n) is 8.26. The van der Waals surface area contributed by atoms with Gasteiger partial charge in [0.05, 0.1) is 12.5 Å². The molecule has 0 spiro atoms. The van der Waals surface area contributed by atoms with E-state index in [0.29, 0.717) is 6.54 Å². The summed E-state index contributed by atoms with van der Waals surface area (Å²) in [4.78, 5) is 12.0. The van der Waals surface area contributed by atoms with Crippen molar-refractivity contribution in [3.8, 4) is 11.4 Å². The van der Waals surface area contributed by atoms with Gasteiger partial charge in [-0.15, -0.1) is 35.0 Å². The van der Waals surface area contributed by atoms with Crippen molar-refractivity contribution in [1.82, 2.24) is 14.8 Å². The van der Waals surface area contributed by atoms with E-state index in [1.165, 1.54) is 6.42 Å². The molecular weight excluding hydrogens is 377 g/mol. The molecule has 0 fully saturated rings. The van der Waals surface area contributed by atoms with Gasteiger partial charge in [-0.3, -0.25) is 4.79 Å². The van der Waals surface area contributed by atoms with Gasteiger partial charge in [0.1, 0.15) is 5.82 Å². The summed E-state index contributed by atoms with van der Waals surface area (Å²) >= 11 is 0. The minimum atomic E-state index is -0.258. The minimum Gasteiger partial charge on any atom is -0.380 e. The average molecular weight is 402 g/mol. The molecule has 1 unspecified atom stereocenters. The number of carbonyl (C=O) groups is 1. The zero-order valence-corrected chi connectivity index (χ0v) is 16.3. The largest absolute Gasteiger partial charge is 0.380 e. The number of halogens is 2. The van der Waals surface area contributed by atoms with Gasteiger partial charge in [-0.1, -0.05) is 0 Å². The van der Waals surface area contributed by atoms with Crippen LogP contribution in [0.15, 0.2) is 24.3 Å². The summed E-state index contributed by atoms with van der Waals surface area (Å²) in [7, 11) is 1.55. The van der Waals surface area contributed by atoms with Gasteiger partial charge < -0.3 is 20.4 Å². The zero-order valence-electron chi connectivity index (χ0n) is 14.7. The lowest BCUT2D eigenvalue weighted by Gasteiger charge is -2.15. The summed E-state index contributed by atoms with van der Waals surface area (Å²) in [5.74, 6) is 1.84. The Bertz CT molecular complexity index is 702. The Labute approximate surface area is 165 Å².